The summed E-state index contributed by atoms with van der Waals surface area (Å²) in [6.07, 6.45) is -3.67. The average molecular weight is 216 g/mol. The van der Waals surface area contributed by atoms with Gasteiger partial charge in [-0.05, 0) is 19.1 Å². The monoisotopic (exact) mass is 216 g/mol. The Morgan fingerprint density at radius 1 is 1.33 bits per heavy atom. The molecule has 0 atom stereocenters. The maximum atomic E-state index is 12.2. The summed E-state index contributed by atoms with van der Waals surface area (Å²) < 4.78 is 41.8. The summed E-state index contributed by atoms with van der Waals surface area (Å²) in [6, 6.07) is 3.22. The van der Waals surface area contributed by atoms with E-state index in [1.165, 1.54) is 0 Å². The van der Waals surface area contributed by atoms with E-state index in [1.54, 1.807) is 19.1 Å². The van der Waals surface area contributed by atoms with Gasteiger partial charge in [-0.1, -0.05) is 0 Å². The number of imidazole rings is 1. The fourth-order valence-electron chi connectivity index (χ4n) is 1.15. The first-order chi connectivity index (χ1) is 6.97. The van der Waals surface area contributed by atoms with Crippen LogP contribution in [0.3, 0.4) is 0 Å². The third kappa shape index (κ3) is 1.88. The van der Waals surface area contributed by atoms with Gasteiger partial charge in [-0.15, -0.1) is 0 Å². The maximum Gasteiger partial charge on any atom is 0.432 e. The molecule has 0 unspecified atom stereocenters. The van der Waals surface area contributed by atoms with Crippen LogP contribution < -0.4 is 0 Å². The zero-order valence-corrected chi connectivity index (χ0v) is 7.72. The third-order valence-corrected chi connectivity index (χ3v) is 1.85. The summed E-state index contributed by atoms with van der Waals surface area (Å²) in [6.45, 7) is 1.71. The fraction of sp³-hybridized carbons (Fsp3) is 0.222. The molecular weight excluding hydrogens is 209 g/mol. The predicted octanol–water partition coefficient (Wildman–Crippen LogP) is 3.00. The van der Waals surface area contributed by atoms with Crippen LogP contribution in [0.1, 0.15) is 11.5 Å². The number of alkyl halides is 3. The fourth-order valence-corrected chi connectivity index (χ4v) is 1.15. The lowest BCUT2D eigenvalue weighted by molar-refractivity contribution is -0.140. The Hall–Kier alpha value is -1.72. The standard InChI is InChI=1S/C9H7F3N2O/c1-5-2-3-6(15-5)8-13-4-7(14-8)9(10,11)12/h2-4H,1H3,(H,13,14). The van der Waals surface area contributed by atoms with Gasteiger partial charge < -0.3 is 9.40 Å². The highest BCUT2D eigenvalue weighted by Crippen LogP contribution is 2.29. The van der Waals surface area contributed by atoms with Crippen molar-refractivity contribution in [1.29, 1.82) is 0 Å². The Bertz CT molecular complexity index is 470. The smallest absolute Gasteiger partial charge is 0.432 e. The largest absolute Gasteiger partial charge is 0.458 e. The number of nitrogens with one attached hydrogen (secondary N) is 1. The Balaban J connectivity index is 2.36. The van der Waals surface area contributed by atoms with E-state index in [0.29, 0.717) is 11.5 Å². The minimum atomic E-state index is -4.41. The lowest BCUT2D eigenvalue weighted by atomic mass is 10.4. The molecule has 0 amide bonds. The summed E-state index contributed by atoms with van der Waals surface area (Å²) in [5, 5.41) is 0. The van der Waals surface area contributed by atoms with Crippen LogP contribution in [0.5, 0.6) is 0 Å². The van der Waals surface area contributed by atoms with Crippen LogP contribution in [-0.2, 0) is 6.18 Å². The van der Waals surface area contributed by atoms with Crippen molar-refractivity contribution in [3.63, 3.8) is 0 Å². The molecule has 0 saturated carbocycles. The Morgan fingerprint density at radius 3 is 2.53 bits per heavy atom. The number of aromatic nitrogens is 2. The Labute approximate surface area is 82.9 Å². The second kappa shape index (κ2) is 3.15. The number of nitrogens with zero attached hydrogens (tertiary/aromatic N) is 1. The minimum Gasteiger partial charge on any atom is -0.458 e. The van der Waals surface area contributed by atoms with E-state index >= 15 is 0 Å². The van der Waals surface area contributed by atoms with E-state index in [2.05, 4.69) is 9.97 Å². The number of hydrogen-bond donors (Lipinski definition) is 1. The topological polar surface area (TPSA) is 41.8 Å². The van der Waals surface area contributed by atoms with Crippen molar-refractivity contribution in [3.05, 3.63) is 29.8 Å². The van der Waals surface area contributed by atoms with Crippen molar-refractivity contribution in [2.24, 2.45) is 0 Å². The van der Waals surface area contributed by atoms with Gasteiger partial charge in [0.1, 0.15) is 11.5 Å². The molecule has 15 heavy (non-hydrogen) atoms. The maximum absolute atomic E-state index is 12.2. The molecule has 6 heteroatoms. The lowest BCUT2D eigenvalue weighted by Crippen LogP contribution is -2.04. The number of aryl methyl sites for hydroxylation is 1. The quantitative estimate of drug-likeness (QED) is 0.796. The first-order valence-corrected chi connectivity index (χ1v) is 4.16. The molecule has 0 spiro atoms. The van der Waals surface area contributed by atoms with Gasteiger partial charge in [0.15, 0.2) is 11.6 Å². The van der Waals surface area contributed by atoms with Crippen LogP contribution in [0, 0.1) is 6.92 Å². The number of furan rings is 1. The molecular formula is C9H7F3N2O. The van der Waals surface area contributed by atoms with E-state index < -0.39 is 11.9 Å². The molecule has 0 aliphatic carbocycles. The molecule has 0 aliphatic heterocycles. The molecule has 80 valence electrons. The highest BCUT2D eigenvalue weighted by molar-refractivity contribution is 5.47. The van der Waals surface area contributed by atoms with Crippen LogP contribution in [0.2, 0.25) is 0 Å². The van der Waals surface area contributed by atoms with E-state index in [1.807, 2.05) is 0 Å². The molecule has 0 aliphatic rings. The first-order valence-electron chi connectivity index (χ1n) is 4.16. The number of halogens is 3. The van der Waals surface area contributed by atoms with Gasteiger partial charge in [0.25, 0.3) is 0 Å². The molecule has 2 heterocycles. The predicted molar refractivity (Wildman–Crippen MR) is 46.0 cm³/mol. The van der Waals surface area contributed by atoms with E-state index in [4.69, 9.17) is 4.42 Å². The van der Waals surface area contributed by atoms with Crippen molar-refractivity contribution in [3.8, 4) is 11.6 Å². The summed E-state index contributed by atoms with van der Waals surface area (Å²) in [5.74, 6) is 0.994. The molecule has 0 aromatic carbocycles. The van der Waals surface area contributed by atoms with Crippen molar-refractivity contribution >= 4 is 0 Å². The van der Waals surface area contributed by atoms with Crippen LogP contribution in [0.4, 0.5) is 13.2 Å². The molecule has 2 aromatic heterocycles. The molecule has 0 fully saturated rings. The number of H-pyrrole nitrogens is 1. The van der Waals surface area contributed by atoms with Crippen molar-refractivity contribution in [1.82, 2.24) is 9.97 Å². The summed E-state index contributed by atoms with van der Waals surface area (Å²) >= 11 is 0. The van der Waals surface area contributed by atoms with Gasteiger partial charge in [-0.25, -0.2) is 4.98 Å². The van der Waals surface area contributed by atoms with Crippen molar-refractivity contribution in [2.45, 2.75) is 13.1 Å². The minimum absolute atomic E-state index is 0.0791. The van der Waals surface area contributed by atoms with Crippen molar-refractivity contribution < 1.29 is 17.6 Å². The summed E-state index contributed by atoms with van der Waals surface area (Å²) in [7, 11) is 0. The van der Waals surface area contributed by atoms with Crippen LogP contribution >= 0.6 is 0 Å². The third-order valence-electron chi connectivity index (χ3n) is 1.85. The highest BCUT2D eigenvalue weighted by Gasteiger charge is 2.33. The molecule has 0 bridgehead atoms. The van der Waals surface area contributed by atoms with Gasteiger partial charge in [0.05, 0.1) is 6.20 Å². The summed E-state index contributed by atoms with van der Waals surface area (Å²) in [4.78, 5) is 5.75. The summed E-state index contributed by atoms with van der Waals surface area (Å²) in [5.41, 5.74) is -0.883. The Kier molecular flexibility index (Phi) is 2.06. The van der Waals surface area contributed by atoms with Crippen LogP contribution in [-0.4, -0.2) is 9.97 Å². The second-order valence-corrected chi connectivity index (χ2v) is 3.05. The zero-order valence-electron chi connectivity index (χ0n) is 7.72. The van der Waals surface area contributed by atoms with Gasteiger partial charge in [0.2, 0.25) is 0 Å². The van der Waals surface area contributed by atoms with E-state index in [-0.39, 0.29) is 5.82 Å². The average Bonchev–Trinajstić information content (AvgIpc) is 2.69. The number of aromatic amines is 1. The first kappa shape index (κ1) is 9.82. The molecule has 3 nitrogen and oxygen atoms in total. The van der Waals surface area contributed by atoms with Crippen LogP contribution in [0.25, 0.3) is 11.6 Å². The van der Waals surface area contributed by atoms with Gasteiger partial charge >= 0.3 is 6.18 Å². The van der Waals surface area contributed by atoms with E-state index in [0.717, 1.165) is 6.20 Å². The lowest BCUT2D eigenvalue weighted by Gasteiger charge is -2.00. The highest BCUT2D eigenvalue weighted by atomic mass is 19.4. The molecule has 2 rings (SSSR count). The number of hydrogen-bond acceptors (Lipinski definition) is 2. The Morgan fingerprint density at radius 2 is 2.07 bits per heavy atom. The zero-order chi connectivity index (χ0) is 11.1. The van der Waals surface area contributed by atoms with Gasteiger partial charge in [-0.2, -0.15) is 13.2 Å². The van der Waals surface area contributed by atoms with Crippen molar-refractivity contribution in [2.75, 3.05) is 0 Å². The number of rotatable bonds is 1. The molecule has 0 radical (unpaired) electrons. The second-order valence-electron chi connectivity index (χ2n) is 3.05. The SMILES string of the molecule is Cc1ccc(-c2ncc(C(F)(F)F)[nH]2)o1. The molecule has 1 N–H and O–H groups in total. The molecule has 2 aromatic rings. The molecule has 0 saturated heterocycles. The van der Waals surface area contributed by atoms with Gasteiger partial charge in [-0.3, -0.25) is 0 Å². The van der Waals surface area contributed by atoms with E-state index in [9.17, 15) is 13.2 Å². The normalized spacial score (nSPS) is 12.0. The van der Waals surface area contributed by atoms with Crippen LogP contribution in [0.15, 0.2) is 22.7 Å². The van der Waals surface area contributed by atoms with Gasteiger partial charge in [0, 0.05) is 0 Å².